The monoisotopic (exact) mass is 1380 g/mol. The fourth-order valence-electron chi connectivity index (χ4n) is 11.5. The Balaban J connectivity index is 5.19. The number of carbonyl (C=O) groups is 4. The van der Waals surface area contributed by atoms with Gasteiger partial charge in [0.15, 0.2) is 12.2 Å². The summed E-state index contributed by atoms with van der Waals surface area (Å²) in [6.07, 6.45) is 56.9. The van der Waals surface area contributed by atoms with Crippen LogP contribution in [0.5, 0.6) is 0 Å². The summed E-state index contributed by atoms with van der Waals surface area (Å²) in [4.78, 5) is 72.7. The van der Waals surface area contributed by atoms with Gasteiger partial charge in [-0.25, -0.2) is 9.13 Å². The molecule has 0 spiro atoms. The van der Waals surface area contributed by atoms with Crippen LogP contribution < -0.4 is 0 Å². The summed E-state index contributed by atoms with van der Waals surface area (Å²) >= 11 is 0. The molecule has 558 valence electrons. The van der Waals surface area contributed by atoms with Crippen molar-refractivity contribution in [1.29, 1.82) is 0 Å². The van der Waals surface area contributed by atoms with Gasteiger partial charge in [-0.05, 0) is 31.6 Å². The molecule has 19 heteroatoms. The van der Waals surface area contributed by atoms with E-state index in [1.165, 1.54) is 205 Å². The average molecular weight is 1380 g/mol. The van der Waals surface area contributed by atoms with Gasteiger partial charge >= 0.3 is 39.5 Å². The lowest BCUT2D eigenvalue weighted by molar-refractivity contribution is -0.161. The van der Waals surface area contributed by atoms with Gasteiger partial charge in [0.25, 0.3) is 0 Å². The number of hydrogen-bond donors (Lipinski definition) is 3. The summed E-state index contributed by atoms with van der Waals surface area (Å²) in [6, 6.07) is 0. The first-order chi connectivity index (χ1) is 45.5. The molecule has 0 saturated heterocycles. The SMILES string of the molecule is CCCCCCCCCCCCCCCCCCCC(=O)O[C@H](COC(=O)CCCCCCCCCCCCCCC(C)C)COP(=O)(O)OC[C@@H](O)COP(=O)(O)OC[C@@H](COC(=O)CCCCCCCCC)OC(=O)CCCCCCCCCCCCCCCCC. The first kappa shape index (κ1) is 92.1. The maximum absolute atomic E-state index is 13.1. The van der Waals surface area contributed by atoms with Gasteiger partial charge in [-0.3, -0.25) is 37.3 Å². The molecule has 17 nitrogen and oxygen atoms in total. The van der Waals surface area contributed by atoms with E-state index < -0.39 is 97.5 Å². The number of rotatable bonds is 75. The van der Waals surface area contributed by atoms with E-state index in [0.717, 1.165) is 109 Å². The van der Waals surface area contributed by atoms with Crippen molar-refractivity contribution in [2.75, 3.05) is 39.6 Å². The maximum atomic E-state index is 13.1. The molecule has 0 aliphatic rings. The molecule has 0 aromatic rings. The van der Waals surface area contributed by atoms with Crippen LogP contribution in [0.4, 0.5) is 0 Å². The van der Waals surface area contributed by atoms with Crippen molar-refractivity contribution in [3.05, 3.63) is 0 Å². The zero-order valence-corrected chi connectivity index (χ0v) is 62.9. The Kier molecular flexibility index (Phi) is 66.8. The summed E-state index contributed by atoms with van der Waals surface area (Å²) in [7, 11) is -9.90. The molecule has 0 rings (SSSR count). The molecule has 0 aromatic heterocycles. The Labute approximate surface area is 575 Å². The maximum Gasteiger partial charge on any atom is 0.472 e. The number of phosphoric acid groups is 2. The molecular weight excluding hydrogens is 1230 g/mol. The molecule has 0 aromatic carbocycles. The molecule has 0 heterocycles. The molecule has 0 aliphatic carbocycles. The molecule has 3 N–H and O–H groups in total. The van der Waals surface area contributed by atoms with Crippen molar-refractivity contribution in [2.24, 2.45) is 5.92 Å². The molecule has 0 radical (unpaired) electrons. The lowest BCUT2D eigenvalue weighted by Crippen LogP contribution is -2.30. The van der Waals surface area contributed by atoms with Crippen LogP contribution >= 0.6 is 15.6 Å². The van der Waals surface area contributed by atoms with E-state index in [0.29, 0.717) is 25.7 Å². The number of carbonyl (C=O) groups excluding carboxylic acids is 4. The molecule has 94 heavy (non-hydrogen) atoms. The molecular formula is C75H146O17P2. The molecule has 0 saturated carbocycles. The Morgan fingerprint density at radius 2 is 0.489 bits per heavy atom. The topological polar surface area (TPSA) is 237 Å². The van der Waals surface area contributed by atoms with Crippen LogP contribution in [0.1, 0.15) is 394 Å². The highest BCUT2D eigenvalue weighted by molar-refractivity contribution is 7.47. The molecule has 0 fully saturated rings. The van der Waals surface area contributed by atoms with E-state index in [-0.39, 0.29) is 25.7 Å². The van der Waals surface area contributed by atoms with E-state index in [1.807, 2.05) is 0 Å². The number of esters is 4. The predicted molar refractivity (Wildman–Crippen MR) is 382 cm³/mol. The van der Waals surface area contributed by atoms with Crippen molar-refractivity contribution in [2.45, 2.75) is 412 Å². The highest BCUT2D eigenvalue weighted by Crippen LogP contribution is 2.45. The minimum absolute atomic E-state index is 0.108. The van der Waals surface area contributed by atoms with Gasteiger partial charge in [0.1, 0.15) is 19.3 Å². The molecule has 0 amide bonds. The lowest BCUT2D eigenvalue weighted by atomic mass is 10.0. The highest BCUT2D eigenvalue weighted by Gasteiger charge is 2.30. The number of aliphatic hydroxyl groups excluding tert-OH is 1. The van der Waals surface area contributed by atoms with Crippen molar-refractivity contribution in [1.82, 2.24) is 0 Å². The summed E-state index contributed by atoms with van der Waals surface area (Å²) in [5.74, 6) is -1.34. The second-order valence-electron chi connectivity index (χ2n) is 27.5. The molecule has 0 bridgehead atoms. The normalized spacial score (nSPS) is 14.0. The summed E-state index contributed by atoms with van der Waals surface area (Å²) in [5.41, 5.74) is 0. The average Bonchev–Trinajstić information content (AvgIpc) is 1.67. The van der Waals surface area contributed by atoms with Crippen LogP contribution in [0.2, 0.25) is 0 Å². The second kappa shape index (κ2) is 68.2. The zero-order valence-electron chi connectivity index (χ0n) is 61.1. The van der Waals surface area contributed by atoms with Gasteiger partial charge in [0.2, 0.25) is 0 Å². The first-order valence-corrected chi connectivity index (χ1v) is 42.1. The minimum Gasteiger partial charge on any atom is -0.462 e. The Hall–Kier alpha value is -1.94. The molecule has 5 atom stereocenters. The fraction of sp³-hybridized carbons (Fsp3) is 0.947. The van der Waals surface area contributed by atoms with Crippen molar-refractivity contribution < 1.29 is 80.2 Å². The van der Waals surface area contributed by atoms with Crippen LogP contribution in [0.25, 0.3) is 0 Å². The van der Waals surface area contributed by atoms with E-state index in [4.69, 9.17) is 37.0 Å². The van der Waals surface area contributed by atoms with E-state index in [1.54, 1.807) is 0 Å². The minimum atomic E-state index is -4.95. The second-order valence-corrected chi connectivity index (χ2v) is 30.4. The summed E-state index contributed by atoms with van der Waals surface area (Å²) in [6.45, 7) is 7.27. The van der Waals surface area contributed by atoms with E-state index >= 15 is 0 Å². The number of phosphoric ester groups is 2. The van der Waals surface area contributed by atoms with E-state index in [2.05, 4.69) is 34.6 Å². The molecule has 0 aliphatic heterocycles. The molecule has 2 unspecified atom stereocenters. The zero-order chi connectivity index (χ0) is 69.1. The Bertz CT molecular complexity index is 1810. The Morgan fingerprint density at radius 3 is 0.723 bits per heavy atom. The van der Waals surface area contributed by atoms with Gasteiger partial charge in [-0.2, -0.15) is 0 Å². The lowest BCUT2D eigenvalue weighted by Gasteiger charge is -2.21. The number of aliphatic hydroxyl groups is 1. The number of ether oxygens (including phenoxy) is 4. The fourth-order valence-corrected chi connectivity index (χ4v) is 13.1. The van der Waals surface area contributed by atoms with Crippen LogP contribution in [-0.2, 0) is 65.4 Å². The highest BCUT2D eigenvalue weighted by atomic mass is 31.2. The summed E-state index contributed by atoms with van der Waals surface area (Å²) < 4.78 is 68.4. The van der Waals surface area contributed by atoms with Gasteiger partial charge in [0.05, 0.1) is 26.4 Å². The number of hydrogen-bond acceptors (Lipinski definition) is 15. The van der Waals surface area contributed by atoms with Crippen molar-refractivity contribution in [3.8, 4) is 0 Å². The van der Waals surface area contributed by atoms with Crippen LogP contribution in [0, 0.1) is 5.92 Å². The third kappa shape index (κ3) is 68.6. The third-order valence-corrected chi connectivity index (χ3v) is 19.4. The van der Waals surface area contributed by atoms with Gasteiger partial charge in [-0.1, -0.05) is 343 Å². The van der Waals surface area contributed by atoms with Crippen LogP contribution in [0.15, 0.2) is 0 Å². The van der Waals surface area contributed by atoms with Crippen molar-refractivity contribution in [3.63, 3.8) is 0 Å². The smallest absolute Gasteiger partial charge is 0.462 e. The van der Waals surface area contributed by atoms with Crippen LogP contribution in [-0.4, -0.2) is 96.7 Å². The van der Waals surface area contributed by atoms with Crippen LogP contribution in [0.3, 0.4) is 0 Å². The first-order valence-electron chi connectivity index (χ1n) is 39.1. The number of unbranched alkanes of at least 4 members (excludes halogenated alkanes) is 47. The summed E-state index contributed by atoms with van der Waals surface area (Å²) in [5, 5.41) is 10.6. The standard InChI is InChI=1S/C75H146O17P2/c1-6-9-12-15-18-20-22-24-26-27-29-31-37-41-46-51-56-61-75(80)92-71(65-86-73(78)59-54-49-44-39-35-33-32-34-38-43-47-52-57-68(4)5)67-90-94(83,84)88-63-69(76)62-87-93(81,82)89-66-70(64-85-72(77)58-53-48-42-17-14-11-8-3)91-74(79)60-55-50-45-40-36-30-28-25-23-21-19-16-13-10-7-2/h68-71,76H,6-67H2,1-5H3,(H,81,82)(H,83,84)/t69-,70+,71+/m0/s1. The third-order valence-electron chi connectivity index (χ3n) is 17.5. The Morgan fingerprint density at radius 1 is 0.287 bits per heavy atom. The van der Waals surface area contributed by atoms with E-state index in [9.17, 15) is 43.2 Å². The van der Waals surface area contributed by atoms with Gasteiger partial charge < -0.3 is 33.8 Å². The van der Waals surface area contributed by atoms with Crippen molar-refractivity contribution >= 4 is 39.5 Å². The predicted octanol–water partition coefficient (Wildman–Crippen LogP) is 22.1. The quantitative estimate of drug-likeness (QED) is 0.0222. The van der Waals surface area contributed by atoms with Gasteiger partial charge in [-0.15, -0.1) is 0 Å². The largest absolute Gasteiger partial charge is 0.472 e. The van der Waals surface area contributed by atoms with Gasteiger partial charge in [0, 0.05) is 25.7 Å².